The standard InChI is InChI=1S/C33H27Cl2F3N2O7/c1-46-25-12-6-21(26(16-25)33(36,37)38)15-29(41)39-23-8-4-20(5-9-23)31(44)40(18-30(42)43)17-19-2-10-24(11-3-19)47-32(45)22-7-13-27(34)28(35)14-22/h2-14,16,31,44H,15,17-18H2,1H3,(H,39,41)(H,42,43). The molecule has 0 heterocycles. The highest BCUT2D eigenvalue weighted by molar-refractivity contribution is 6.42. The third-order valence-corrected chi connectivity index (χ3v) is 7.56. The fraction of sp³-hybridized carbons (Fsp3) is 0.182. The van der Waals surface area contributed by atoms with E-state index in [-0.39, 0.29) is 44.9 Å². The van der Waals surface area contributed by atoms with Crippen molar-refractivity contribution in [2.24, 2.45) is 0 Å². The van der Waals surface area contributed by atoms with Crippen molar-refractivity contribution in [3.8, 4) is 11.5 Å². The minimum absolute atomic E-state index is 0.00360. The molecule has 0 saturated heterocycles. The summed E-state index contributed by atoms with van der Waals surface area (Å²) in [7, 11) is 1.24. The number of carboxylic acid groups (broad SMARTS) is 1. The van der Waals surface area contributed by atoms with Crippen molar-refractivity contribution in [2.75, 3.05) is 19.0 Å². The zero-order valence-electron chi connectivity index (χ0n) is 24.6. The van der Waals surface area contributed by atoms with Gasteiger partial charge in [-0.1, -0.05) is 53.5 Å². The Labute approximate surface area is 277 Å². The predicted molar refractivity (Wildman–Crippen MR) is 168 cm³/mol. The number of esters is 1. The number of rotatable bonds is 12. The molecule has 14 heteroatoms. The number of anilines is 1. The van der Waals surface area contributed by atoms with Gasteiger partial charge in [0.15, 0.2) is 0 Å². The van der Waals surface area contributed by atoms with E-state index in [4.69, 9.17) is 32.7 Å². The number of aliphatic hydroxyl groups excluding tert-OH is 1. The highest BCUT2D eigenvalue weighted by Gasteiger charge is 2.34. The van der Waals surface area contributed by atoms with Crippen LogP contribution in [0.5, 0.6) is 11.5 Å². The predicted octanol–water partition coefficient (Wildman–Crippen LogP) is 7.00. The summed E-state index contributed by atoms with van der Waals surface area (Å²) in [6.45, 7) is -0.534. The minimum atomic E-state index is -4.69. The number of carbonyl (C=O) groups excluding carboxylic acids is 2. The lowest BCUT2D eigenvalue weighted by Crippen LogP contribution is -2.33. The molecule has 0 radical (unpaired) electrons. The summed E-state index contributed by atoms with van der Waals surface area (Å²) >= 11 is 11.8. The van der Waals surface area contributed by atoms with Gasteiger partial charge < -0.3 is 25.0 Å². The molecule has 0 aromatic heterocycles. The maximum Gasteiger partial charge on any atom is 0.416 e. The number of carbonyl (C=O) groups is 3. The van der Waals surface area contributed by atoms with Crippen molar-refractivity contribution in [3.05, 3.63) is 123 Å². The number of halogens is 5. The second kappa shape index (κ2) is 15.3. The summed E-state index contributed by atoms with van der Waals surface area (Å²) in [6, 6.07) is 19.6. The van der Waals surface area contributed by atoms with E-state index in [0.717, 1.165) is 6.07 Å². The van der Waals surface area contributed by atoms with Gasteiger partial charge in [-0.15, -0.1) is 0 Å². The fourth-order valence-corrected chi connectivity index (χ4v) is 4.82. The van der Waals surface area contributed by atoms with Crippen LogP contribution in [0.2, 0.25) is 10.0 Å². The Balaban J connectivity index is 1.40. The number of alkyl halides is 3. The lowest BCUT2D eigenvalue weighted by Gasteiger charge is -2.27. The Morgan fingerprint density at radius 1 is 0.894 bits per heavy atom. The van der Waals surface area contributed by atoms with Crippen LogP contribution < -0.4 is 14.8 Å². The molecule has 0 fully saturated rings. The van der Waals surface area contributed by atoms with Gasteiger partial charge in [-0.25, -0.2) is 4.79 Å². The van der Waals surface area contributed by atoms with Crippen molar-refractivity contribution in [2.45, 2.75) is 25.4 Å². The van der Waals surface area contributed by atoms with E-state index in [1.807, 2.05) is 0 Å². The van der Waals surface area contributed by atoms with Crippen molar-refractivity contribution < 1.29 is 47.2 Å². The van der Waals surface area contributed by atoms with E-state index in [0.29, 0.717) is 11.1 Å². The van der Waals surface area contributed by atoms with Gasteiger partial charge in [0.05, 0.1) is 41.2 Å². The molecule has 1 atom stereocenters. The van der Waals surface area contributed by atoms with Gasteiger partial charge in [-0.2, -0.15) is 13.2 Å². The Bertz CT molecular complexity index is 1750. The van der Waals surface area contributed by atoms with Crippen LogP contribution in [0.25, 0.3) is 0 Å². The van der Waals surface area contributed by atoms with E-state index in [1.165, 1.54) is 78.7 Å². The largest absolute Gasteiger partial charge is 0.497 e. The van der Waals surface area contributed by atoms with Crippen LogP contribution in [-0.4, -0.2) is 46.6 Å². The first-order valence-corrected chi connectivity index (χ1v) is 14.5. The first-order chi connectivity index (χ1) is 22.2. The van der Waals surface area contributed by atoms with Crippen LogP contribution >= 0.6 is 23.2 Å². The van der Waals surface area contributed by atoms with E-state index < -0.39 is 48.8 Å². The average molecular weight is 691 g/mol. The summed E-state index contributed by atoms with van der Waals surface area (Å²) in [5.74, 6) is -2.34. The van der Waals surface area contributed by atoms with Crippen molar-refractivity contribution in [1.29, 1.82) is 0 Å². The van der Waals surface area contributed by atoms with Crippen molar-refractivity contribution >= 4 is 46.7 Å². The van der Waals surface area contributed by atoms with Crippen LogP contribution in [0.1, 0.15) is 38.8 Å². The quantitative estimate of drug-likeness (QED) is 0.0825. The summed E-state index contributed by atoms with van der Waals surface area (Å²) in [6.07, 6.45) is -6.62. The van der Waals surface area contributed by atoms with Gasteiger partial charge >= 0.3 is 18.1 Å². The number of hydrogen-bond acceptors (Lipinski definition) is 7. The molecular formula is C33H27Cl2F3N2O7. The van der Waals surface area contributed by atoms with Crippen LogP contribution in [-0.2, 0) is 28.7 Å². The van der Waals surface area contributed by atoms with Gasteiger partial charge in [0, 0.05) is 12.2 Å². The molecule has 4 rings (SSSR count). The second-order valence-electron chi connectivity index (χ2n) is 10.2. The lowest BCUT2D eigenvalue weighted by molar-refractivity contribution is -0.142. The maximum atomic E-state index is 13.5. The molecule has 0 aliphatic heterocycles. The first kappa shape index (κ1) is 35.2. The first-order valence-electron chi connectivity index (χ1n) is 13.8. The van der Waals surface area contributed by atoms with Gasteiger partial charge in [0.1, 0.15) is 17.7 Å². The molecule has 246 valence electrons. The van der Waals surface area contributed by atoms with Gasteiger partial charge in [-0.05, 0) is 71.3 Å². The molecule has 4 aromatic carbocycles. The normalized spacial score (nSPS) is 12.0. The number of amides is 1. The monoisotopic (exact) mass is 690 g/mol. The third kappa shape index (κ3) is 9.69. The molecule has 3 N–H and O–H groups in total. The molecule has 1 unspecified atom stereocenters. The molecule has 1 amide bonds. The molecule has 47 heavy (non-hydrogen) atoms. The number of hydrogen-bond donors (Lipinski definition) is 3. The maximum absolute atomic E-state index is 13.5. The van der Waals surface area contributed by atoms with Gasteiger partial charge in [0.2, 0.25) is 5.91 Å². The van der Waals surface area contributed by atoms with Crippen LogP contribution in [0.4, 0.5) is 18.9 Å². The lowest BCUT2D eigenvalue weighted by atomic mass is 10.0. The number of aliphatic hydroxyl groups is 1. The molecule has 0 aliphatic rings. The highest BCUT2D eigenvalue weighted by atomic mass is 35.5. The van der Waals surface area contributed by atoms with Gasteiger partial charge in [0.25, 0.3) is 0 Å². The summed E-state index contributed by atoms with van der Waals surface area (Å²) in [4.78, 5) is 37.9. The Morgan fingerprint density at radius 3 is 2.15 bits per heavy atom. The van der Waals surface area contributed by atoms with Crippen LogP contribution in [0, 0.1) is 0 Å². The van der Waals surface area contributed by atoms with E-state index in [9.17, 15) is 37.8 Å². The zero-order chi connectivity index (χ0) is 34.3. The molecule has 4 aromatic rings. The summed E-state index contributed by atoms with van der Waals surface area (Å²) < 4.78 is 50.8. The summed E-state index contributed by atoms with van der Waals surface area (Å²) in [5, 5.41) is 23.5. The number of nitrogens with one attached hydrogen (secondary N) is 1. The average Bonchev–Trinajstić information content (AvgIpc) is 3.02. The topological polar surface area (TPSA) is 125 Å². The van der Waals surface area contributed by atoms with Crippen molar-refractivity contribution in [1.82, 2.24) is 4.90 Å². The smallest absolute Gasteiger partial charge is 0.416 e. The van der Waals surface area contributed by atoms with Crippen molar-refractivity contribution in [3.63, 3.8) is 0 Å². The second-order valence-corrected chi connectivity index (χ2v) is 11.0. The molecule has 9 nitrogen and oxygen atoms in total. The third-order valence-electron chi connectivity index (χ3n) is 6.83. The molecule has 0 aliphatic carbocycles. The van der Waals surface area contributed by atoms with Crippen LogP contribution in [0.3, 0.4) is 0 Å². The molecule has 0 spiro atoms. The summed E-state index contributed by atoms with van der Waals surface area (Å²) in [5.41, 5.74) is 0.125. The number of aliphatic carboxylic acids is 1. The number of carboxylic acids is 1. The number of nitrogens with zero attached hydrogens (tertiary/aromatic N) is 1. The number of ether oxygens (including phenoxy) is 2. The van der Waals surface area contributed by atoms with Gasteiger partial charge in [-0.3, -0.25) is 14.5 Å². The molecular weight excluding hydrogens is 664 g/mol. The fourth-order valence-electron chi connectivity index (χ4n) is 4.52. The van der Waals surface area contributed by atoms with Crippen LogP contribution in [0.15, 0.2) is 84.9 Å². The molecule has 0 bridgehead atoms. The molecule has 0 saturated carbocycles. The van der Waals surface area contributed by atoms with E-state index in [2.05, 4.69) is 5.32 Å². The highest BCUT2D eigenvalue weighted by Crippen LogP contribution is 2.35. The van der Waals surface area contributed by atoms with E-state index in [1.54, 1.807) is 12.1 Å². The Morgan fingerprint density at radius 2 is 1.55 bits per heavy atom. The Hall–Kier alpha value is -4.62. The number of methoxy groups -OCH3 is 1. The van der Waals surface area contributed by atoms with E-state index >= 15 is 0 Å². The minimum Gasteiger partial charge on any atom is -0.497 e. The SMILES string of the molecule is COc1ccc(CC(=O)Nc2ccc(C(O)N(CC(=O)O)Cc3ccc(OC(=O)c4ccc(Cl)c(Cl)c4)cc3)cc2)c(C(F)(F)F)c1. The number of benzene rings is 4. The zero-order valence-corrected chi connectivity index (χ0v) is 26.1. The Kier molecular flexibility index (Phi) is 11.5.